The first-order valence-corrected chi connectivity index (χ1v) is 8.74. The fraction of sp³-hybridized carbons (Fsp3) is 0.769. The molecule has 20 heavy (non-hydrogen) atoms. The van der Waals surface area contributed by atoms with Crippen LogP contribution >= 0.6 is 0 Å². The van der Waals surface area contributed by atoms with Gasteiger partial charge in [-0.3, -0.25) is 4.68 Å². The van der Waals surface area contributed by atoms with Crippen molar-refractivity contribution in [2.75, 3.05) is 18.8 Å². The third-order valence-corrected chi connectivity index (χ3v) is 4.29. The van der Waals surface area contributed by atoms with Crippen molar-refractivity contribution in [1.29, 1.82) is 0 Å². The molecule has 0 unspecified atom stereocenters. The van der Waals surface area contributed by atoms with Gasteiger partial charge in [-0.15, -0.1) is 0 Å². The summed E-state index contributed by atoms with van der Waals surface area (Å²) >= 11 is 0. The van der Waals surface area contributed by atoms with Crippen LogP contribution in [0.3, 0.4) is 0 Å². The van der Waals surface area contributed by atoms with Gasteiger partial charge in [0.2, 0.25) is 10.0 Å². The summed E-state index contributed by atoms with van der Waals surface area (Å²) in [5.41, 5.74) is 1.07. The number of sulfonamides is 1. The fourth-order valence-corrected chi connectivity index (χ4v) is 2.92. The molecule has 7 heteroatoms. The van der Waals surface area contributed by atoms with E-state index in [4.69, 9.17) is 0 Å². The highest BCUT2D eigenvalue weighted by Crippen LogP contribution is 1.96. The summed E-state index contributed by atoms with van der Waals surface area (Å²) in [6, 6.07) is 0.447. The van der Waals surface area contributed by atoms with E-state index in [0.717, 1.165) is 18.5 Å². The number of hydrogen-bond donors (Lipinski definition) is 2. The third-order valence-electron chi connectivity index (χ3n) is 2.82. The van der Waals surface area contributed by atoms with Crippen molar-refractivity contribution in [3.05, 3.63) is 18.0 Å². The Labute approximate surface area is 122 Å². The van der Waals surface area contributed by atoms with E-state index in [1.807, 2.05) is 13.1 Å². The van der Waals surface area contributed by atoms with Gasteiger partial charge in [0.1, 0.15) is 0 Å². The molecule has 0 aliphatic rings. The minimum Gasteiger partial charge on any atom is -0.315 e. The van der Waals surface area contributed by atoms with Crippen LogP contribution in [0.1, 0.15) is 32.3 Å². The first-order valence-electron chi connectivity index (χ1n) is 7.09. The topological polar surface area (TPSA) is 76.0 Å². The zero-order valence-electron chi connectivity index (χ0n) is 12.6. The Kier molecular flexibility index (Phi) is 7.18. The third kappa shape index (κ3) is 7.62. The van der Waals surface area contributed by atoms with Crippen LogP contribution < -0.4 is 10.0 Å². The SMILES string of the molecule is Cc1cnn(CCNS(=O)(=O)CCCCNC(C)C)c1. The van der Waals surface area contributed by atoms with Crippen molar-refractivity contribution in [2.45, 2.75) is 46.2 Å². The van der Waals surface area contributed by atoms with Crippen LogP contribution in [0.5, 0.6) is 0 Å². The molecule has 116 valence electrons. The molecule has 0 bridgehead atoms. The monoisotopic (exact) mass is 302 g/mol. The largest absolute Gasteiger partial charge is 0.315 e. The Morgan fingerprint density at radius 1 is 1.30 bits per heavy atom. The molecule has 0 amide bonds. The van der Waals surface area contributed by atoms with Gasteiger partial charge in [0.15, 0.2) is 0 Å². The second-order valence-electron chi connectivity index (χ2n) is 5.31. The van der Waals surface area contributed by atoms with E-state index in [0.29, 0.717) is 25.6 Å². The molecule has 6 nitrogen and oxygen atoms in total. The van der Waals surface area contributed by atoms with Crippen LogP contribution in [0, 0.1) is 6.92 Å². The number of nitrogens with zero attached hydrogens (tertiary/aromatic N) is 2. The first-order chi connectivity index (χ1) is 9.39. The maximum atomic E-state index is 11.8. The molecule has 1 rings (SSSR count). The van der Waals surface area contributed by atoms with E-state index in [9.17, 15) is 8.42 Å². The molecule has 0 aliphatic heterocycles. The normalized spacial score (nSPS) is 12.2. The van der Waals surface area contributed by atoms with Gasteiger partial charge < -0.3 is 5.32 Å². The lowest BCUT2D eigenvalue weighted by Gasteiger charge is -2.09. The molecule has 0 saturated heterocycles. The second-order valence-corrected chi connectivity index (χ2v) is 7.24. The Balaban J connectivity index is 2.14. The zero-order valence-corrected chi connectivity index (χ0v) is 13.4. The van der Waals surface area contributed by atoms with Crippen molar-refractivity contribution in [1.82, 2.24) is 19.8 Å². The van der Waals surface area contributed by atoms with E-state index < -0.39 is 10.0 Å². The molecule has 0 atom stereocenters. The smallest absolute Gasteiger partial charge is 0.211 e. The van der Waals surface area contributed by atoms with E-state index in [2.05, 4.69) is 29.0 Å². The maximum Gasteiger partial charge on any atom is 0.211 e. The van der Waals surface area contributed by atoms with Crippen LogP contribution in [0.2, 0.25) is 0 Å². The van der Waals surface area contributed by atoms with Crippen LogP contribution in [-0.2, 0) is 16.6 Å². The second kappa shape index (κ2) is 8.39. The highest BCUT2D eigenvalue weighted by Gasteiger charge is 2.09. The van der Waals surface area contributed by atoms with E-state index >= 15 is 0 Å². The van der Waals surface area contributed by atoms with Gasteiger partial charge in [0.05, 0.1) is 18.5 Å². The lowest BCUT2D eigenvalue weighted by molar-refractivity contribution is 0.547. The molecule has 1 heterocycles. The predicted octanol–water partition coefficient (Wildman–Crippen LogP) is 0.889. The number of aromatic nitrogens is 2. The highest BCUT2D eigenvalue weighted by molar-refractivity contribution is 7.89. The maximum absolute atomic E-state index is 11.8. The van der Waals surface area contributed by atoms with Crippen molar-refractivity contribution >= 4 is 10.0 Å². The molecule has 0 fully saturated rings. The zero-order chi connectivity index (χ0) is 15.0. The lowest BCUT2D eigenvalue weighted by atomic mass is 10.3. The van der Waals surface area contributed by atoms with E-state index in [1.165, 1.54) is 0 Å². The van der Waals surface area contributed by atoms with Gasteiger partial charge in [-0.1, -0.05) is 13.8 Å². The predicted molar refractivity (Wildman–Crippen MR) is 81.1 cm³/mol. The van der Waals surface area contributed by atoms with Crippen molar-refractivity contribution in [3.8, 4) is 0 Å². The summed E-state index contributed by atoms with van der Waals surface area (Å²) < 4.78 is 27.9. The first kappa shape index (κ1) is 17.1. The summed E-state index contributed by atoms with van der Waals surface area (Å²) in [6.07, 6.45) is 5.20. The Hall–Kier alpha value is -0.920. The summed E-state index contributed by atoms with van der Waals surface area (Å²) in [4.78, 5) is 0. The molecule has 1 aromatic heterocycles. The Morgan fingerprint density at radius 2 is 2.05 bits per heavy atom. The van der Waals surface area contributed by atoms with Crippen LogP contribution in [-0.4, -0.2) is 43.1 Å². The van der Waals surface area contributed by atoms with E-state index in [-0.39, 0.29) is 5.75 Å². The van der Waals surface area contributed by atoms with Crippen molar-refractivity contribution in [2.24, 2.45) is 0 Å². The summed E-state index contributed by atoms with van der Waals surface area (Å²) in [6.45, 7) is 7.92. The number of unbranched alkanes of at least 4 members (excludes halogenated alkanes) is 1. The van der Waals surface area contributed by atoms with Crippen molar-refractivity contribution < 1.29 is 8.42 Å². The fourth-order valence-electron chi connectivity index (χ4n) is 1.78. The van der Waals surface area contributed by atoms with Gasteiger partial charge in [0.25, 0.3) is 0 Å². The van der Waals surface area contributed by atoms with Crippen LogP contribution in [0.4, 0.5) is 0 Å². The minimum absolute atomic E-state index is 0.185. The van der Waals surface area contributed by atoms with Gasteiger partial charge in [-0.05, 0) is 31.9 Å². The van der Waals surface area contributed by atoms with Crippen LogP contribution in [0.25, 0.3) is 0 Å². The van der Waals surface area contributed by atoms with Gasteiger partial charge in [-0.25, -0.2) is 13.1 Å². The molecule has 0 saturated carbocycles. The standard InChI is InChI=1S/C13H26N4O2S/c1-12(2)14-6-4-5-9-20(18,19)16-7-8-17-11-13(3)10-15-17/h10-12,14,16H,4-9H2,1-3H3. The molecule has 0 aliphatic carbocycles. The highest BCUT2D eigenvalue weighted by atomic mass is 32.2. The average molecular weight is 302 g/mol. The molecule has 0 aromatic carbocycles. The number of hydrogen-bond acceptors (Lipinski definition) is 4. The number of aryl methyl sites for hydroxylation is 1. The molecular formula is C13H26N4O2S. The quantitative estimate of drug-likeness (QED) is 0.629. The Morgan fingerprint density at radius 3 is 2.65 bits per heavy atom. The lowest BCUT2D eigenvalue weighted by Crippen LogP contribution is -2.30. The average Bonchev–Trinajstić information content (AvgIpc) is 2.74. The Bertz CT molecular complexity index is 482. The molecular weight excluding hydrogens is 276 g/mol. The van der Waals surface area contributed by atoms with Gasteiger partial charge in [-0.2, -0.15) is 5.10 Å². The van der Waals surface area contributed by atoms with E-state index in [1.54, 1.807) is 10.9 Å². The number of rotatable bonds is 10. The van der Waals surface area contributed by atoms with Crippen molar-refractivity contribution in [3.63, 3.8) is 0 Å². The number of nitrogens with one attached hydrogen (secondary N) is 2. The molecule has 2 N–H and O–H groups in total. The minimum atomic E-state index is -3.16. The summed E-state index contributed by atoms with van der Waals surface area (Å²) in [5, 5.41) is 7.38. The summed E-state index contributed by atoms with van der Waals surface area (Å²) in [5.74, 6) is 0.185. The molecule has 0 radical (unpaired) electrons. The van der Waals surface area contributed by atoms with Gasteiger partial charge in [0, 0.05) is 18.8 Å². The van der Waals surface area contributed by atoms with Gasteiger partial charge >= 0.3 is 0 Å². The van der Waals surface area contributed by atoms with Crippen LogP contribution in [0.15, 0.2) is 12.4 Å². The molecule has 0 spiro atoms. The molecule has 1 aromatic rings. The summed E-state index contributed by atoms with van der Waals surface area (Å²) in [7, 11) is -3.16.